The summed E-state index contributed by atoms with van der Waals surface area (Å²) in [5, 5.41) is 0. The minimum Gasteiger partial charge on any atom is -0.450 e. The van der Waals surface area contributed by atoms with Gasteiger partial charge in [-0.2, -0.15) is 0 Å². The number of rotatable bonds is 5. The molecule has 0 aliphatic heterocycles. The second-order valence-electron chi connectivity index (χ2n) is 3.72. The van der Waals surface area contributed by atoms with Crippen LogP contribution in [0.1, 0.15) is 11.3 Å². The van der Waals surface area contributed by atoms with Gasteiger partial charge in [0.25, 0.3) is 5.91 Å². The molecule has 0 unspecified atom stereocenters. The van der Waals surface area contributed by atoms with Gasteiger partial charge in [0, 0.05) is 6.08 Å². The molecule has 98 valence electrons. The SMILES string of the molecule is O=C(/C=C/c1ccc(Br)o1)NOCc1ccccc1. The van der Waals surface area contributed by atoms with E-state index in [9.17, 15) is 4.79 Å². The molecule has 0 atom stereocenters. The number of amides is 1. The lowest BCUT2D eigenvalue weighted by molar-refractivity contribution is -0.129. The average Bonchev–Trinajstić information content (AvgIpc) is 2.83. The molecule has 1 aromatic carbocycles. The summed E-state index contributed by atoms with van der Waals surface area (Å²) in [5.74, 6) is 0.244. The molecule has 2 rings (SSSR count). The molecule has 4 nitrogen and oxygen atoms in total. The van der Waals surface area contributed by atoms with E-state index in [1.807, 2.05) is 30.3 Å². The maximum Gasteiger partial charge on any atom is 0.267 e. The molecule has 0 bridgehead atoms. The summed E-state index contributed by atoms with van der Waals surface area (Å²) in [6.45, 7) is 0.326. The molecule has 0 fully saturated rings. The molecule has 0 spiro atoms. The van der Waals surface area contributed by atoms with Crippen LogP contribution in [-0.4, -0.2) is 5.91 Å². The van der Waals surface area contributed by atoms with Gasteiger partial charge in [0.1, 0.15) is 5.76 Å². The van der Waals surface area contributed by atoms with Gasteiger partial charge in [-0.15, -0.1) is 0 Å². The van der Waals surface area contributed by atoms with Crippen molar-refractivity contribution in [2.75, 3.05) is 0 Å². The quantitative estimate of drug-likeness (QED) is 0.679. The zero-order valence-corrected chi connectivity index (χ0v) is 11.6. The molecule has 0 radical (unpaired) electrons. The number of carbonyl (C=O) groups is 1. The number of hydroxylamine groups is 1. The van der Waals surface area contributed by atoms with Crippen molar-refractivity contribution in [2.45, 2.75) is 6.61 Å². The van der Waals surface area contributed by atoms with Crippen molar-refractivity contribution < 1.29 is 14.0 Å². The largest absolute Gasteiger partial charge is 0.450 e. The van der Waals surface area contributed by atoms with E-state index in [1.54, 1.807) is 18.2 Å². The van der Waals surface area contributed by atoms with Crippen LogP contribution in [0.5, 0.6) is 0 Å². The molecule has 19 heavy (non-hydrogen) atoms. The van der Waals surface area contributed by atoms with Gasteiger partial charge in [-0.05, 0) is 39.7 Å². The molecular weight excluding hydrogens is 310 g/mol. The van der Waals surface area contributed by atoms with Crippen LogP contribution in [0.3, 0.4) is 0 Å². The average molecular weight is 322 g/mol. The van der Waals surface area contributed by atoms with Gasteiger partial charge in [-0.3, -0.25) is 9.63 Å². The van der Waals surface area contributed by atoms with E-state index in [0.717, 1.165) is 5.56 Å². The van der Waals surface area contributed by atoms with Crippen LogP contribution < -0.4 is 5.48 Å². The number of nitrogens with one attached hydrogen (secondary N) is 1. The Kier molecular flexibility index (Phi) is 4.94. The summed E-state index contributed by atoms with van der Waals surface area (Å²) in [6.07, 6.45) is 2.90. The number of furan rings is 1. The van der Waals surface area contributed by atoms with Crippen molar-refractivity contribution in [3.05, 3.63) is 64.5 Å². The third-order valence-electron chi connectivity index (χ3n) is 2.25. The Balaban J connectivity index is 1.74. The summed E-state index contributed by atoms with van der Waals surface area (Å²) < 4.78 is 5.84. The summed E-state index contributed by atoms with van der Waals surface area (Å²) in [5.41, 5.74) is 3.32. The first-order chi connectivity index (χ1) is 9.24. The van der Waals surface area contributed by atoms with E-state index in [1.165, 1.54) is 6.08 Å². The van der Waals surface area contributed by atoms with Crippen LogP contribution in [0.2, 0.25) is 0 Å². The number of hydrogen-bond donors (Lipinski definition) is 1. The lowest BCUT2D eigenvalue weighted by Crippen LogP contribution is -2.21. The molecule has 1 N–H and O–H groups in total. The zero-order chi connectivity index (χ0) is 13.5. The van der Waals surface area contributed by atoms with Crippen molar-refractivity contribution >= 4 is 27.9 Å². The van der Waals surface area contributed by atoms with Gasteiger partial charge in [0.2, 0.25) is 0 Å². The van der Waals surface area contributed by atoms with Crippen LogP contribution in [0.4, 0.5) is 0 Å². The fraction of sp³-hybridized carbons (Fsp3) is 0.0714. The topological polar surface area (TPSA) is 51.5 Å². The first kappa shape index (κ1) is 13.6. The van der Waals surface area contributed by atoms with E-state index in [0.29, 0.717) is 17.0 Å². The molecule has 0 saturated carbocycles. The van der Waals surface area contributed by atoms with E-state index in [-0.39, 0.29) is 5.91 Å². The van der Waals surface area contributed by atoms with E-state index in [2.05, 4.69) is 21.4 Å². The van der Waals surface area contributed by atoms with Crippen LogP contribution >= 0.6 is 15.9 Å². The number of halogens is 1. The monoisotopic (exact) mass is 321 g/mol. The first-order valence-electron chi connectivity index (χ1n) is 5.63. The number of benzene rings is 1. The van der Waals surface area contributed by atoms with Gasteiger partial charge in [-0.25, -0.2) is 5.48 Å². The Bertz CT molecular complexity index is 563. The van der Waals surface area contributed by atoms with E-state index in [4.69, 9.17) is 9.25 Å². The van der Waals surface area contributed by atoms with Crippen molar-refractivity contribution in [3.63, 3.8) is 0 Å². The number of carbonyl (C=O) groups excluding carboxylic acids is 1. The molecule has 1 amide bonds. The van der Waals surface area contributed by atoms with Gasteiger partial charge in [0.15, 0.2) is 4.67 Å². The van der Waals surface area contributed by atoms with Gasteiger partial charge in [0.05, 0.1) is 6.61 Å². The fourth-order valence-corrected chi connectivity index (χ4v) is 1.69. The van der Waals surface area contributed by atoms with Crippen molar-refractivity contribution in [1.29, 1.82) is 0 Å². The summed E-state index contributed by atoms with van der Waals surface area (Å²) in [6, 6.07) is 13.1. The van der Waals surface area contributed by atoms with E-state index >= 15 is 0 Å². The number of hydrogen-bond acceptors (Lipinski definition) is 3. The second-order valence-corrected chi connectivity index (χ2v) is 4.50. The molecule has 0 aliphatic carbocycles. The lowest BCUT2D eigenvalue weighted by atomic mass is 10.2. The maximum absolute atomic E-state index is 11.4. The third-order valence-corrected chi connectivity index (χ3v) is 2.67. The smallest absolute Gasteiger partial charge is 0.267 e. The van der Waals surface area contributed by atoms with E-state index < -0.39 is 0 Å². The molecule has 2 aromatic rings. The van der Waals surface area contributed by atoms with Crippen LogP contribution in [0, 0.1) is 0 Å². The summed E-state index contributed by atoms with van der Waals surface area (Å²) in [7, 11) is 0. The van der Waals surface area contributed by atoms with Crippen molar-refractivity contribution in [2.24, 2.45) is 0 Å². The maximum atomic E-state index is 11.4. The highest BCUT2D eigenvalue weighted by molar-refractivity contribution is 9.10. The molecule has 5 heteroatoms. The Labute approximate surface area is 119 Å². The highest BCUT2D eigenvalue weighted by Crippen LogP contribution is 2.14. The summed E-state index contributed by atoms with van der Waals surface area (Å²) in [4.78, 5) is 16.5. The second kappa shape index (κ2) is 6.92. The van der Waals surface area contributed by atoms with Crippen LogP contribution in [0.15, 0.2) is 57.6 Å². The van der Waals surface area contributed by atoms with Gasteiger partial charge >= 0.3 is 0 Å². The third kappa shape index (κ3) is 4.73. The van der Waals surface area contributed by atoms with Crippen LogP contribution in [0.25, 0.3) is 6.08 Å². The molecule has 0 saturated heterocycles. The predicted octanol–water partition coefficient (Wildman–Crippen LogP) is 3.30. The van der Waals surface area contributed by atoms with Gasteiger partial charge < -0.3 is 4.42 Å². The Morgan fingerprint density at radius 1 is 1.26 bits per heavy atom. The molecule has 0 aliphatic rings. The lowest BCUT2D eigenvalue weighted by Gasteiger charge is -2.02. The van der Waals surface area contributed by atoms with Crippen molar-refractivity contribution in [1.82, 2.24) is 5.48 Å². The standard InChI is InChI=1S/C14H12BrNO3/c15-13-8-6-12(19-13)7-9-14(17)16-18-10-11-4-2-1-3-5-11/h1-9H,10H2,(H,16,17)/b9-7+. The highest BCUT2D eigenvalue weighted by Gasteiger charge is 1.98. The minimum absolute atomic E-state index is 0.326. The van der Waals surface area contributed by atoms with Gasteiger partial charge in [-0.1, -0.05) is 30.3 Å². The zero-order valence-electron chi connectivity index (χ0n) is 10.0. The summed E-state index contributed by atoms with van der Waals surface area (Å²) >= 11 is 3.18. The Hall–Kier alpha value is -1.85. The normalized spacial score (nSPS) is 10.8. The molecule has 1 heterocycles. The fourth-order valence-electron chi connectivity index (χ4n) is 1.37. The Morgan fingerprint density at radius 3 is 2.74 bits per heavy atom. The predicted molar refractivity (Wildman–Crippen MR) is 74.8 cm³/mol. The van der Waals surface area contributed by atoms with Crippen molar-refractivity contribution in [3.8, 4) is 0 Å². The highest BCUT2D eigenvalue weighted by atomic mass is 79.9. The minimum atomic E-state index is -0.344. The first-order valence-corrected chi connectivity index (χ1v) is 6.42. The van der Waals surface area contributed by atoms with Crippen LogP contribution in [-0.2, 0) is 16.2 Å². The molecule has 1 aromatic heterocycles. The Morgan fingerprint density at radius 2 is 2.05 bits per heavy atom. The molecular formula is C14H12BrNO3.